The molecule has 0 heterocycles. The van der Waals surface area contributed by atoms with E-state index in [0.717, 1.165) is 18.6 Å². The minimum atomic E-state index is -0.672. The van der Waals surface area contributed by atoms with E-state index < -0.39 is 17.1 Å². The molecule has 1 unspecified atom stereocenters. The number of hydrogen-bond acceptors (Lipinski definition) is 5. The average Bonchev–Trinajstić information content (AvgIpc) is 2.66. The number of nitro benzene ring substituents is 1. The lowest BCUT2D eigenvalue weighted by molar-refractivity contribution is -0.386. The first-order valence-electron chi connectivity index (χ1n) is 9.85. The molecule has 0 spiro atoms. The molecular weight excluding hydrogens is 364 g/mol. The average molecular weight is 397 g/mol. The maximum Gasteiger partial charge on any atom is 0.407 e. The molecule has 0 saturated heterocycles. The molecule has 1 rings (SSSR count). The fourth-order valence-corrected chi connectivity index (χ4v) is 3.15. The summed E-state index contributed by atoms with van der Waals surface area (Å²) in [5.41, 5.74) is 0.357. The van der Waals surface area contributed by atoms with Crippen LogP contribution in [0.1, 0.15) is 76.4 Å². The molecule has 1 aromatic carbocycles. The number of thiol groups is 1. The molecule has 1 atom stereocenters. The van der Waals surface area contributed by atoms with Gasteiger partial charge in [-0.15, -0.1) is 0 Å². The summed E-state index contributed by atoms with van der Waals surface area (Å²) >= 11 is 4.21. The van der Waals surface area contributed by atoms with Gasteiger partial charge in [0.05, 0.1) is 10.5 Å². The molecule has 1 amide bonds. The zero-order valence-electron chi connectivity index (χ0n) is 16.2. The van der Waals surface area contributed by atoms with Crippen LogP contribution in [0.15, 0.2) is 24.3 Å². The van der Waals surface area contributed by atoms with Crippen molar-refractivity contribution in [2.45, 2.75) is 70.8 Å². The van der Waals surface area contributed by atoms with Crippen molar-refractivity contribution in [1.29, 1.82) is 0 Å². The number of nitrogens with one attached hydrogen (secondary N) is 1. The van der Waals surface area contributed by atoms with Gasteiger partial charge >= 0.3 is 6.09 Å². The highest BCUT2D eigenvalue weighted by Gasteiger charge is 2.20. The normalized spacial score (nSPS) is 11.8. The number of para-hydroxylation sites is 1. The summed E-state index contributed by atoms with van der Waals surface area (Å²) in [6, 6.07) is 6.30. The Hall–Kier alpha value is -1.76. The summed E-state index contributed by atoms with van der Waals surface area (Å²) in [5.74, 6) is 0.983. The topological polar surface area (TPSA) is 81.5 Å². The van der Waals surface area contributed by atoms with E-state index in [2.05, 4.69) is 17.9 Å². The van der Waals surface area contributed by atoms with Gasteiger partial charge < -0.3 is 10.1 Å². The molecule has 152 valence electrons. The van der Waals surface area contributed by atoms with Crippen LogP contribution in [0.5, 0.6) is 0 Å². The molecule has 0 aliphatic heterocycles. The van der Waals surface area contributed by atoms with Crippen LogP contribution in [0.3, 0.4) is 0 Å². The second-order valence-electron chi connectivity index (χ2n) is 6.70. The number of amides is 1. The van der Waals surface area contributed by atoms with Crippen LogP contribution in [-0.4, -0.2) is 23.3 Å². The summed E-state index contributed by atoms with van der Waals surface area (Å²) in [5, 5.41) is 13.8. The van der Waals surface area contributed by atoms with Crippen LogP contribution in [-0.2, 0) is 4.74 Å². The zero-order valence-corrected chi connectivity index (χ0v) is 17.1. The Kier molecular flexibility index (Phi) is 12.3. The number of unbranched alkanes of at least 4 members (excludes halogenated alkanes) is 8. The van der Waals surface area contributed by atoms with Gasteiger partial charge in [0.2, 0.25) is 0 Å². The Bertz CT molecular complexity index is 569. The lowest BCUT2D eigenvalue weighted by Crippen LogP contribution is -2.26. The lowest BCUT2D eigenvalue weighted by atomic mass is 10.1. The molecule has 0 aromatic heterocycles. The van der Waals surface area contributed by atoms with E-state index in [1.165, 1.54) is 51.0 Å². The van der Waals surface area contributed by atoms with Crippen molar-refractivity contribution in [3.05, 3.63) is 39.9 Å². The van der Waals surface area contributed by atoms with Crippen LogP contribution >= 0.6 is 12.6 Å². The molecule has 0 aliphatic rings. The Labute approximate surface area is 167 Å². The molecule has 0 fully saturated rings. The number of carbonyl (C=O) groups is 1. The van der Waals surface area contributed by atoms with Gasteiger partial charge in [-0.1, -0.05) is 57.1 Å². The maximum absolute atomic E-state index is 11.9. The number of nitro groups is 1. The van der Waals surface area contributed by atoms with Gasteiger partial charge in [-0.2, -0.15) is 12.6 Å². The molecular formula is C20H32N2O4S. The first kappa shape index (κ1) is 23.3. The first-order valence-corrected chi connectivity index (χ1v) is 10.5. The van der Waals surface area contributed by atoms with Gasteiger partial charge in [0.25, 0.3) is 5.69 Å². The molecule has 0 bridgehead atoms. The number of hydrogen-bond donors (Lipinski definition) is 2. The van der Waals surface area contributed by atoms with Crippen molar-refractivity contribution in [2.24, 2.45) is 0 Å². The standard InChI is InChI=1S/C20H32N2O4S/c1-17(18-13-9-10-14-19(18)22(24)25)26-20(23)21-15-11-7-5-3-2-4-6-8-12-16-27/h9-10,13-14,17,27H,2-8,11-12,15-16H2,1H3,(H,21,23). The van der Waals surface area contributed by atoms with E-state index in [1.54, 1.807) is 25.1 Å². The molecule has 27 heavy (non-hydrogen) atoms. The van der Waals surface area contributed by atoms with E-state index in [1.807, 2.05) is 0 Å². The number of nitrogens with zero attached hydrogens (tertiary/aromatic N) is 1. The van der Waals surface area contributed by atoms with Crippen molar-refractivity contribution in [2.75, 3.05) is 12.3 Å². The summed E-state index contributed by atoms with van der Waals surface area (Å²) in [4.78, 5) is 22.4. The van der Waals surface area contributed by atoms with E-state index >= 15 is 0 Å². The summed E-state index contributed by atoms with van der Waals surface area (Å²) < 4.78 is 5.26. The third-order valence-corrected chi connectivity index (χ3v) is 4.78. The second-order valence-corrected chi connectivity index (χ2v) is 7.14. The Morgan fingerprint density at radius 3 is 2.22 bits per heavy atom. The maximum atomic E-state index is 11.9. The molecule has 0 saturated carbocycles. The van der Waals surface area contributed by atoms with Crippen molar-refractivity contribution in [1.82, 2.24) is 5.32 Å². The van der Waals surface area contributed by atoms with Gasteiger partial charge in [0.15, 0.2) is 0 Å². The summed E-state index contributed by atoms with van der Waals surface area (Å²) in [6.45, 7) is 2.20. The molecule has 0 radical (unpaired) electrons. The Morgan fingerprint density at radius 1 is 1.07 bits per heavy atom. The van der Waals surface area contributed by atoms with E-state index in [9.17, 15) is 14.9 Å². The van der Waals surface area contributed by atoms with E-state index in [4.69, 9.17) is 4.74 Å². The van der Waals surface area contributed by atoms with Crippen LogP contribution in [0, 0.1) is 10.1 Å². The lowest BCUT2D eigenvalue weighted by Gasteiger charge is -2.14. The number of carbonyl (C=O) groups excluding carboxylic acids is 1. The van der Waals surface area contributed by atoms with Gasteiger partial charge in [-0.3, -0.25) is 10.1 Å². The van der Waals surface area contributed by atoms with Crippen LogP contribution in [0.25, 0.3) is 0 Å². The largest absolute Gasteiger partial charge is 0.441 e. The quantitative estimate of drug-likeness (QED) is 0.180. The third kappa shape index (κ3) is 10.2. The third-order valence-electron chi connectivity index (χ3n) is 4.46. The monoisotopic (exact) mass is 396 g/mol. The molecule has 6 nitrogen and oxygen atoms in total. The fraction of sp³-hybridized carbons (Fsp3) is 0.650. The van der Waals surface area contributed by atoms with Crippen molar-refractivity contribution in [3.8, 4) is 0 Å². The van der Waals surface area contributed by atoms with Gasteiger partial charge in [-0.25, -0.2) is 4.79 Å². The van der Waals surface area contributed by atoms with Crippen molar-refractivity contribution in [3.63, 3.8) is 0 Å². The minimum absolute atomic E-state index is 0.0385. The fourth-order valence-electron chi connectivity index (χ4n) is 2.93. The highest BCUT2D eigenvalue weighted by molar-refractivity contribution is 7.80. The number of ether oxygens (including phenoxy) is 1. The SMILES string of the molecule is CC(OC(=O)NCCCCCCCCCCCS)c1ccccc1[N+](=O)[O-]. The highest BCUT2D eigenvalue weighted by atomic mass is 32.1. The summed E-state index contributed by atoms with van der Waals surface area (Å²) in [7, 11) is 0. The van der Waals surface area contributed by atoms with E-state index in [-0.39, 0.29) is 5.69 Å². The first-order chi connectivity index (χ1) is 13.1. The second kappa shape index (κ2) is 14.3. The van der Waals surface area contributed by atoms with Crippen molar-refractivity contribution >= 4 is 24.4 Å². The molecule has 7 heteroatoms. The zero-order chi connectivity index (χ0) is 19.9. The van der Waals surface area contributed by atoms with Crippen LogP contribution < -0.4 is 5.32 Å². The van der Waals surface area contributed by atoms with Gasteiger partial charge in [-0.05, 0) is 31.6 Å². The predicted molar refractivity (Wildman–Crippen MR) is 111 cm³/mol. The predicted octanol–water partition coefficient (Wildman–Crippen LogP) is 5.82. The van der Waals surface area contributed by atoms with E-state index in [0.29, 0.717) is 12.1 Å². The Morgan fingerprint density at radius 2 is 1.63 bits per heavy atom. The molecule has 0 aliphatic carbocycles. The van der Waals surface area contributed by atoms with Crippen LogP contribution in [0.4, 0.5) is 10.5 Å². The molecule has 1 N–H and O–H groups in total. The smallest absolute Gasteiger partial charge is 0.407 e. The minimum Gasteiger partial charge on any atom is -0.441 e. The van der Waals surface area contributed by atoms with Gasteiger partial charge in [0.1, 0.15) is 6.10 Å². The van der Waals surface area contributed by atoms with Crippen molar-refractivity contribution < 1.29 is 14.5 Å². The number of rotatable bonds is 14. The number of alkyl carbamates (subject to hydrolysis) is 1. The molecule has 1 aromatic rings. The summed E-state index contributed by atoms with van der Waals surface area (Å²) in [6.07, 6.45) is 9.55. The highest BCUT2D eigenvalue weighted by Crippen LogP contribution is 2.26. The number of benzene rings is 1. The van der Waals surface area contributed by atoms with Crippen LogP contribution in [0.2, 0.25) is 0 Å². The van der Waals surface area contributed by atoms with Gasteiger partial charge in [0, 0.05) is 12.6 Å². The Balaban J connectivity index is 2.12.